The zero-order chi connectivity index (χ0) is 15.3. The Kier molecular flexibility index (Phi) is 5.19. The Morgan fingerprint density at radius 3 is 2.71 bits per heavy atom. The molecule has 1 saturated heterocycles. The Morgan fingerprint density at radius 1 is 1.33 bits per heavy atom. The van der Waals surface area contributed by atoms with Gasteiger partial charge in [0, 0.05) is 13.2 Å². The third kappa shape index (κ3) is 4.44. The van der Waals surface area contributed by atoms with E-state index < -0.39 is 15.8 Å². The second-order valence-electron chi connectivity index (χ2n) is 4.86. The van der Waals surface area contributed by atoms with Crippen LogP contribution in [0, 0.1) is 0 Å². The highest BCUT2D eigenvalue weighted by molar-refractivity contribution is 7.92. The Balaban J connectivity index is 1.88. The molecule has 1 aliphatic rings. The monoisotopic (exact) mass is 314 g/mol. The first-order valence-corrected chi connectivity index (χ1v) is 8.46. The van der Waals surface area contributed by atoms with Crippen LogP contribution in [0.2, 0.25) is 0 Å². The number of sulfone groups is 1. The summed E-state index contributed by atoms with van der Waals surface area (Å²) >= 11 is 0. The Labute approximate surface area is 123 Å². The summed E-state index contributed by atoms with van der Waals surface area (Å²) in [4.78, 5) is 10.8. The molecule has 0 spiro atoms. The highest BCUT2D eigenvalue weighted by Gasteiger charge is 2.27. The number of carboxylic acids is 1. The summed E-state index contributed by atoms with van der Waals surface area (Å²) < 4.78 is 34.7. The first kappa shape index (κ1) is 15.8. The lowest BCUT2D eigenvalue weighted by atomic mass is 10.2. The van der Waals surface area contributed by atoms with Crippen molar-refractivity contribution in [2.75, 3.05) is 25.6 Å². The number of carboxylic acid groups (broad SMARTS) is 1. The molecular weight excluding hydrogens is 296 g/mol. The molecule has 0 saturated carbocycles. The van der Waals surface area contributed by atoms with Crippen molar-refractivity contribution in [1.29, 1.82) is 0 Å². The van der Waals surface area contributed by atoms with Crippen molar-refractivity contribution in [3.8, 4) is 5.75 Å². The molecule has 6 nitrogen and oxygen atoms in total. The first-order chi connectivity index (χ1) is 9.99. The molecule has 1 aromatic rings. The molecule has 2 rings (SSSR count). The standard InChI is InChI=1S/C14H18O6S/c15-14(16)11-2-1-3-12(10-11)20-8-9-21(17,18)13-4-6-19-7-5-13/h1-3,10,13H,4-9H2,(H,15,16). The van der Waals surface area contributed by atoms with Crippen LogP contribution in [0.5, 0.6) is 5.75 Å². The average molecular weight is 314 g/mol. The van der Waals surface area contributed by atoms with Crippen molar-refractivity contribution in [3.63, 3.8) is 0 Å². The molecule has 1 fully saturated rings. The minimum atomic E-state index is -3.20. The van der Waals surface area contributed by atoms with Crippen LogP contribution in [0.15, 0.2) is 24.3 Å². The van der Waals surface area contributed by atoms with Crippen molar-refractivity contribution in [2.45, 2.75) is 18.1 Å². The van der Waals surface area contributed by atoms with Gasteiger partial charge in [-0.1, -0.05) is 6.07 Å². The molecule has 1 aliphatic heterocycles. The number of aromatic carboxylic acids is 1. The van der Waals surface area contributed by atoms with Gasteiger partial charge in [-0.3, -0.25) is 0 Å². The summed E-state index contributed by atoms with van der Waals surface area (Å²) in [5, 5.41) is 8.51. The van der Waals surface area contributed by atoms with Crippen LogP contribution >= 0.6 is 0 Å². The van der Waals surface area contributed by atoms with Gasteiger partial charge in [-0.2, -0.15) is 0 Å². The number of hydrogen-bond donors (Lipinski definition) is 1. The summed E-state index contributed by atoms with van der Waals surface area (Å²) in [5.41, 5.74) is 0.111. The van der Waals surface area contributed by atoms with E-state index in [-0.39, 0.29) is 23.2 Å². The number of rotatable bonds is 6. The van der Waals surface area contributed by atoms with E-state index in [9.17, 15) is 13.2 Å². The third-order valence-electron chi connectivity index (χ3n) is 3.39. The smallest absolute Gasteiger partial charge is 0.335 e. The minimum absolute atomic E-state index is 0.0166. The molecule has 7 heteroatoms. The largest absolute Gasteiger partial charge is 0.493 e. The molecule has 0 bridgehead atoms. The van der Waals surface area contributed by atoms with Crippen molar-refractivity contribution in [2.24, 2.45) is 0 Å². The maximum atomic E-state index is 12.1. The van der Waals surface area contributed by atoms with E-state index in [1.165, 1.54) is 12.1 Å². The molecule has 116 valence electrons. The highest BCUT2D eigenvalue weighted by atomic mass is 32.2. The second kappa shape index (κ2) is 6.91. The number of hydrogen-bond acceptors (Lipinski definition) is 5. The molecule has 0 atom stereocenters. The van der Waals surface area contributed by atoms with Gasteiger partial charge in [0.25, 0.3) is 0 Å². The number of ether oxygens (including phenoxy) is 2. The molecule has 1 aromatic carbocycles. The first-order valence-electron chi connectivity index (χ1n) is 6.74. The predicted octanol–water partition coefficient (Wildman–Crippen LogP) is 1.36. The van der Waals surface area contributed by atoms with Gasteiger partial charge in [0.15, 0.2) is 9.84 Å². The maximum Gasteiger partial charge on any atom is 0.335 e. The van der Waals surface area contributed by atoms with Crippen LogP contribution < -0.4 is 4.74 Å². The van der Waals surface area contributed by atoms with E-state index in [1.807, 2.05) is 0 Å². The lowest BCUT2D eigenvalue weighted by Gasteiger charge is -2.22. The molecule has 0 amide bonds. The third-order valence-corrected chi connectivity index (χ3v) is 5.62. The Bertz CT molecular complexity index is 589. The summed E-state index contributed by atoms with van der Waals surface area (Å²) in [5.74, 6) is -0.762. The van der Waals surface area contributed by atoms with Crippen molar-refractivity contribution in [3.05, 3.63) is 29.8 Å². The summed E-state index contributed by atoms with van der Waals surface area (Å²) in [6.45, 7) is 0.972. The SMILES string of the molecule is O=C(O)c1cccc(OCCS(=O)(=O)C2CCOCC2)c1. The van der Waals surface area contributed by atoms with E-state index in [1.54, 1.807) is 12.1 Å². The zero-order valence-corrected chi connectivity index (χ0v) is 12.3. The van der Waals surface area contributed by atoms with Crippen molar-refractivity contribution < 1.29 is 27.8 Å². The van der Waals surface area contributed by atoms with Gasteiger partial charge >= 0.3 is 5.97 Å². The molecule has 1 heterocycles. The van der Waals surface area contributed by atoms with E-state index in [4.69, 9.17) is 14.6 Å². The van der Waals surface area contributed by atoms with Gasteiger partial charge in [-0.15, -0.1) is 0 Å². The van der Waals surface area contributed by atoms with Gasteiger partial charge < -0.3 is 14.6 Å². The van der Waals surface area contributed by atoms with Gasteiger partial charge in [-0.25, -0.2) is 13.2 Å². The quantitative estimate of drug-likeness (QED) is 0.852. The minimum Gasteiger partial charge on any atom is -0.493 e. The van der Waals surface area contributed by atoms with E-state index in [2.05, 4.69) is 0 Å². The maximum absolute atomic E-state index is 12.1. The molecule has 0 aliphatic carbocycles. The lowest BCUT2D eigenvalue weighted by Crippen LogP contribution is -2.32. The normalized spacial score (nSPS) is 16.6. The van der Waals surface area contributed by atoms with Crippen LogP contribution in [-0.2, 0) is 14.6 Å². The topological polar surface area (TPSA) is 89.9 Å². The molecule has 0 unspecified atom stereocenters. The van der Waals surface area contributed by atoms with Gasteiger partial charge in [0.2, 0.25) is 0 Å². The fourth-order valence-electron chi connectivity index (χ4n) is 2.20. The Hall–Kier alpha value is -1.60. The van der Waals surface area contributed by atoms with Crippen LogP contribution in [0.1, 0.15) is 23.2 Å². The zero-order valence-electron chi connectivity index (χ0n) is 11.5. The fourth-order valence-corrected chi connectivity index (χ4v) is 3.76. The summed E-state index contributed by atoms with van der Waals surface area (Å²) in [6.07, 6.45) is 1.05. The van der Waals surface area contributed by atoms with Crippen LogP contribution in [-0.4, -0.2) is 50.3 Å². The van der Waals surface area contributed by atoms with Crippen LogP contribution in [0.25, 0.3) is 0 Å². The molecular formula is C14H18O6S. The van der Waals surface area contributed by atoms with E-state index in [0.29, 0.717) is 31.8 Å². The van der Waals surface area contributed by atoms with Gasteiger partial charge in [-0.05, 0) is 31.0 Å². The molecule has 1 N–H and O–H groups in total. The fraction of sp³-hybridized carbons (Fsp3) is 0.500. The predicted molar refractivity (Wildman–Crippen MR) is 76.5 cm³/mol. The highest BCUT2D eigenvalue weighted by Crippen LogP contribution is 2.17. The summed E-state index contributed by atoms with van der Waals surface area (Å²) in [7, 11) is -3.20. The van der Waals surface area contributed by atoms with Gasteiger partial charge in [0.05, 0.1) is 16.6 Å². The van der Waals surface area contributed by atoms with Gasteiger partial charge in [0.1, 0.15) is 12.4 Å². The number of carbonyl (C=O) groups is 1. The van der Waals surface area contributed by atoms with Crippen LogP contribution in [0.3, 0.4) is 0 Å². The molecule has 0 radical (unpaired) electrons. The lowest BCUT2D eigenvalue weighted by molar-refractivity contribution is 0.0696. The van der Waals surface area contributed by atoms with Crippen molar-refractivity contribution in [1.82, 2.24) is 0 Å². The molecule has 21 heavy (non-hydrogen) atoms. The van der Waals surface area contributed by atoms with Crippen molar-refractivity contribution >= 4 is 15.8 Å². The van der Waals surface area contributed by atoms with E-state index in [0.717, 1.165) is 0 Å². The Morgan fingerprint density at radius 2 is 2.05 bits per heavy atom. The average Bonchev–Trinajstić information content (AvgIpc) is 2.48. The second-order valence-corrected chi connectivity index (χ2v) is 7.26. The molecule has 0 aromatic heterocycles. The summed E-state index contributed by atoms with van der Waals surface area (Å²) in [6, 6.07) is 6.00. The van der Waals surface area contributed by atoms with Crippen LogP contribution in [0.4, 0.5) is 0 Å². The van der Waals surface area contributed by atoms with E-state index >= 15 is 0 Å². The number of benzene rings is 1.